The molecule has 1 aromatic carbocycles. The van der Waals surface area contributed by atoms with Gasteiger partial charge in [-0.05, 0) is 16.4 Å². The van der Waals surface area contributed by atoms with Crippen LogP contribution >= 0.6 is 0 Å². The second-order valence-electron chi connectivity index (χ2n) is 7.32. The van der Waals surface area contributed by atoms with Gasteiger partial charge >= 0.3 is 39.6 Å². The van der Waals surface area contributed by atoms with E-state index in [2.05, 4.69) is 61.5 Å². The van der Waals surface area contributed by atoms with Gasteiger partial charge in [0.05, 0.1) is 0 Å². The van der Waals surface area contributed by atoms with Crippen LogP contribution in [0.5, 0.6) is 5.75 Å². The van der Waals surface area contributed by atoms with Crippen LogP contribution in [0.4, 0.5) is 0 Å². The standard InChI is InChI=1S/C14H22O.2C2H5.Al/c1-13(2,3)10-7-8-12(15)11(9-10)14(4,5)6;2*1-2;/h7-9,15H,1-6H3;2*1H2,2H3;/q;;;+1/p-1. The molecule has 0 bridgehead atoms. The molecular weight excluding hydrogens is 259 g/mol. The number of rotatable bonds is 2. The molecule has 1 rings (SSSR count). The Kier molecular flexibility index (Phi) is 7.93. The second-order valence-corrected chi connectivity index (χ2v) is 9.53. The van der Waals surface area contributed by atoms with Crippen LogP contribution in [0.1, 0.15) is 66.5 Å². The SMILES string of the molecule is CC(C)(C)c1ccc([O-])c(C(C)(C)C)c1.C[CH2][Al+][CH2]C. The Bertz CT molecular complexity index is 395. The zero-order valence-corrected chi connectivity index (χ0v) is 15.8. The fraction of sp³-hybridized carbons (Fsp3) is 0.667. The number of benzene rings is 1. The molecule has 0 aliphatic heterocycles. The van der Waals surface area contributed by atoms with E-state index < -0.39 is 0 Å². The summed E-state index contributed by atoms with van der Waals surface area (Å²) < 4.78 is 0. The first-order chi connectivity index (χ1) is 9.04. The van der Waals surface area contributed by atoms with Crippen molar-refractivity contribution < 1.29 is 5.11 Å². The van der Waals surface area contributed by atoms with Crippen molar-refractivity contribution in [2.75, 3.05) is 0 Å². The molecule has 0 spiro atoms. The van der Waals surface area contributed by atoms with Crippen LogP contribution in [-0.2, 0) is 10.8 Å². The van der Waals surface area contributed by atoms with Gasteiger partial charge in [0.15, 0.2) is 0 Å². The van der Waals surface area contributed by atoms with Crippen molar-refractivity contribution in [3.8, 4) is 5.75 Å². The molecule has 0 amide bonds. The number of hydrogen-bond donors (Lipinski definition) is 0. The van der Waals surface area contributed by atoms with Crippen LogP contribution in [0, 0.1) is 0 Å². The first-order valence-corrected chi connectivity index (χ1v) is 9.31. The normalized spacial score (nSPS) is 11.4. The van der Waals surface area contributed by atoms with Crippen LogP contribution in [0.25, 0.3) is 0 Å². The maximum absolute atomic E-state index is 11.7. The van der Waals surface area contributed by atoms with Crippen molar-refractivity contribution in [3.05, 3.63) is 29.3 Å². The van der Waals surface area contributed by atoms with E-state index in [1.807, 2.05) is 6.07 Å². The Hall–Kier alpha value is -0.448. The van der Waals surface area contributed by atoms with Crippen molar-refractivity contribution >= 4 is 15.2 Å². The molecule has 0 heterocycles. The Balaban J connectivity index is 0.000000621. The third-order valence-electron chi connectivity index (χ3n) is 3.23. The summed E-state index contributed by atoms with van der Waals surface area (Å²) in [6, 6.07) is 5.70. The molecule has 2 heteroatoms. The average molecular weight is 290 g/mol. The third kappa shape index (κ3) is 6.82. The topological polar surface area (TPSA) is 23.1 Å². The van der Waals surface area contributed by atoms with E-state index in [-0.39, 0.29) is 16.6 Å². The molecule has 0 aliphatic carbocycles. The summed E-state index contributed by atoms with van der Waals surface area (Å²) in [6.07, 6.45) is 0. The molecule has 0 saturated carbocycles. The van der Waals surface area contributed by atoms with E-state index >= 15 is 0 Å². The Labute approximate surface area is 132 Å². The van der Waals surface area contributed by atoms with Gasteiger partial charge in [0, 0.05) is 0 Å². The fourth-order valence-electron chi connectivity index (χ4n) is 1.87. The van der Waals surface area contributed by atoms with Crippen molar-refractivity contribution in [1.29, 1.82) is 0 Å². The molecule has 1 aromatic rings. The van der Waals surface area contributed by atoms with Gasteiger partial charge < -0.3 is 5.11 Å². The maximum atomic E-state index is 11.7. The molecule has 0 atom stereocenters. The fourth-order valence-corrected chi connectivity index (χ4v) is 2.45. The van der Waals surface area contributed by atoms with E-state index in [1.54, 1.807) is 6.07 Å². The molecule has 0 fully saturated rings. The molecule has 0 radical (unpaired) electrons. The predicted molar refractivity (Wildman–Crippen MR) is 90.0 cm³/mol. The first kappa shape index (κ1) is 19.6. The van der Waals surface area contributed by atoms with Crippen LogP contribution in [0.15, 0.2) is 18.2 Å². The Morgan fingerprint density at radius 2 is 1.40 bits per heavy atom. The zero-order chi connectivity index (χ0) is 16.0. The van der Waals surface area contributed by atoms with Gasteiger partial charge in [-0.1, -0.05) is 65.3 Å². The molecule has 0 aliphatic rings. The second kappa shape index (κ2) is 8.11. The van der Waals surface area contributed by atoms with E-state index in [4.69, 9.17) is 0 Å². The van der Waals surface area contributed by atoms with Crippen LogP contribution in [0.3, 0.4) is 0 Å². The van der Waals surface area contributed by atoms with E-state index in [1.165, 1.54) is 16.1 Å². The molecular formula is C18H31AlO. The van der Waals surface area contributed by atoms with Gasteiger partial charge in [0.2, 0.25) is 0 Å². The van der Waals surface area contributed by atoms with Gasteiger partial charge in [-0.2, -0.15) is 0 Å². The van der Waals surface area contributed by atoms with Crippen molar-refractivity contribution in [3.63, 3.8) is 0 Å². The summed E-state index contributed by atoms with van der Waals surface area (Å²) in [4.78, 5) is 0. The summed E-state index contributed by atoms with van der Waals surface area (Å²) in [7, 11) is 0. The number of hydrogen-bond acceptors (Lipinski definition) is 1. The minimum atomic E-state index is -0.0711. The van der Waals surface area contributed by atoms with Crippen molar-refractivity contribution in [2.24, 2.45) is 0 Å². The molecule has 0 N–H and O–H groups in total. The third-order valence-corrected chi connectivity index (χ3v) is 4.39. The first-order valence-electron chi connectivity index (χ1n) is 7.67. The molecule has 112 valence electrons. The molecule has 20 heavy (non-hydrogen) atoms. The predicted octanol–water partition coefficient (Wildman–Crippen LogP) is 4.92. The van der Waals surface area contributed by atoms with Gasteiger partial charge in [0.1, 0.15) is 0 Å². The molecule has 0 unspecified atom stereocenters. The van der Waals surface area contributed by atoms with Gasteiger partial charge in [-0.25, -0.2) is 0 Å². The van der Waals surface area contributed by atoms with Crippen LogP contribution in [-0.4, -0.2) is 15.2 Å². The van der Waals surface area contributed by atoms with E-state index in [0.717, 1.165) is 20.8 Å². The van der Waals surface area contributed by atoms with Crippen molar-refractivity contribution in [1.82, 2.24) is 0 Å². The van der Waals surface area contributed by atoms with Crippen LogP contribution in [0.2, 0.25) is 10.6 Å². The van der Waals surface area contributed by atoms with Crippen LogP contribution < -0.4 is 5.11 Å². The molecule has 0 aromatic heterocycles. The summed E-state index contributed by atoms with van der Waals surface area (Å²) >= 11 is 0.815. The van der Waals surface area contributed by atoms with Gasteiger partial charge in [0.25, 0.3) is 0 Å². The summed E-state index contributed by atoms with van der Waals surface area (Å²) in [5.41, 5.74) is 2.17. The Morgan fingerprint density at radius 1 is 0.900 bits per heavy atom. The molecule has 0 saturated heterocycles. The minimum absolute atomic E-state index is 0.0711. The zero-order valence-electron chi connectivity index (χ0n) is 14.6. The Morgan fingerprint density at radius 3 is 1.70 bits per heavy atom. The van der Waals surface area contributed by atoms with E-state index in [0.29, 0.717) is 0 Å². The monoisotopic (exact) mass is 290 g/mol. The van der Waals surface area contributed by atoms with Crippen molar-refractivity contribution in [2.45, 2.75) is 76.8 Å². The molecule has 1 nitrogen and oxygen atoms in total. The van der Waals surface area contributed by atoms with Gasteiger partial charge in [-0.15, -0.1) is 5.75 Å². The quantitative estimate of drug-likeness (QED) is 0.709. The summed E-state index contributed by atoms with van der Waals surface area (Å²) in [5.74, 6) is 0.149. The van der Waals surface area contributed by atoms with Gasteiger partial charge in [-0.3, -0.25) is 0 Å². The average Bonchev–Trinajstić information content (AvgIpc) is 2.28. The van der Waals surface area contributed by atoms with E-state index in [9.17, 15) is 5.11 Å². The summed E-state index contributed by atoms with van der Waals surface area (Å²) in [6.45, 7) is 17.2. The summed E-state index contributed by atoms with van der Waals surface area (Å²) in [5, 5.41) is 14.6.